The van der Waals surface area contributed by atoms with Crippen molar-refractivity contribution in [2.24, 2.45) is 5.92 Å². The topological polar surface area (TPSA) is 23.5 Å². The van der Waals surface area contributed by atoms with Crippen molar-refractivity contribution < 1.29 is 5.11 Å². The Labute approximate surface area is 55.5 Å². The fourth-order valence-corrected chi connectivity index (χ4v) is 1.92. The van der Waals surface area contributed by atoms with Crippen LogP contribution in [0.4, 0.5) is 0 Å². The molecule has 0 aromatic rings. The Bertz CT molecular complexity index is 126. The maximum absolute atomic E-state index is 9.24. The first-order chi connectivity index (χ1) is 4.27. The lowest BCUT2D eigenvalue weighted by molar-refractivity contribution is 0.0804. The highest BCUT2D eigenvalue weighted by molar-refractivity contribution is 4.99. The Balaban J connectivity index is 1.99. The molecule has 3 atom stereocenters. The van der Waals surface area contributed by atoms with Gasteiger partial charge in [0.1, 0.15) is 0 Å². The first-order valence-electron chi connectivity index (χ1n) is 3.65. The van der Waals surface area contributed by atoms with Crippen LogP contribution < -0.4 is 0 Å². The van der Waals surface area contributed by atoms with Gasteiger partial charge in [-0.2, -0.15) is 0 Å². The quantitative estimate of drug-likeness (QED) is 0.498. The number of rotatable bonds is 0. The predicted octanol–water partition coefficient (Wildman–Crippen LogP) is 0.0713. The maximum atomic E-state index is 9.24. The van der Waals surface area contributed by atoms with Crippen LogP contribution in [-0.4, -0.2) is 35.7 Å². The number of likely N-dealkylation sites (tertiary alicyclic amines) is 1. The molecule has 1 aliphatic carbocycles. The summed E-state index contributed by atoms with van der Waals surface area (Å²) in [7, 11) is 2.10. The SMILES string of the molecule is CN1CC(O)CC2CC21. The molecule has 0 aromatic carbocycles. The Morgan fingerprint density at radius 3 is 2.89 bits per heavy atom. The summed E-state index contributed by atoms with van der Waals surface area (Å²) in [5.41, 5.74) is 0. The van der Waals surface area contributed by atoms with Crippen LogP contribution in [0, 0.1) is 5.92 Å². The van der Waals surface area contributed by atoms with Gasteiger partial charge >= 0.3 is 0 Å². The highest BCUT2D eigenvalue weighted by atomic mass is 16.3. The molecule has 1 N–H and O–H groups in total. The Morgan fingerprint density at radius 2 is 2.22 bits per heavy atom. The van der Waals surface area contributed by atoms with Crippen LogP contribution in [0.3, 0.4) is 0 Å². The van der Waals surface area contributed by atoms with E-state index in [1.54, 1.807) is 0 Å². The minimum Gasteiger partial charge on any atom is -0.392 e. The molecule has 0 amide bonds. The van der Waals surface area contributed by atoms with Crippen LogP contribution in [0.2, 0.25) is 0 Å². The van der Waals surface area contributed by atoms with Crippen molar-refractivity contribution >= 4 is 0 Å². The molecule has 1 saturated heterocycles. The number of aliphatic hydroxyl groups is 1. The fourth-order valence-electron chi connectivity index (χ4n) is 1.92. The number of fused-ring (bicyclic) bond motifs is 1. The van der Waals surface area contributed by atoms with E-state index < -0.39 is 0 Å². The van der Waals surface area contributed by atoms with E-state index in [1.807, 2.05) is 0 Å². The van der Waals surface area contributed by atoms with Gasteiger partial charge in [0, 0.05) is 12.6 Å². The first-order valence-corrected chi connectivity index (χ1v) is 3.65. The van der Waals surface area contributed by atoms with E-state index in [1.165, 1.54) is 6.42 Å². The van der Waals surface area contributed by atoms with Crippen LogP contribution in [-0.2, 0) is 0 Å². The lowest BCUT2D eigenvalue weighted by Crippen LogP contribution is -2.36. The van der Waals surface area contributed by atoms with Crippen LogP contribution in [0.15, 0.2) is 0 Å². The number of aliphatic hydroxyl groups excluding tert-OH is 1. The van der Waals surface area contributed by atoms with Crippen molar-refractivity contribution in [1.29, 1.82) is 0 Å². The van der Waals surface area contributed by atoms with E-state index >= 15 is 0 Å². The molecule has 2 aliphatic rings. The van der Waals surface area contributed by atoms with Crippen LogP contribution in [0.1, 0.15) is 12.8 Å². The van der Waals surface area contributed by atoms with Crippen LogP contribution >= 0.6 is 0 Å². The molecule has 0 aromatic heterocycles. The van der Waals surface area contributed by atoms with Crippen molar-refractivity contribution in [2.75, 3.05) is 13.6 Å². The van der Waals surface area contributed by atoms with Crippen molar-refractivity contribution in [3.8, 4) is 0 Å². The molecule has 52 valence electrons. The molecule has 2 rings (SSSR count). The van der Waals surface area contributed by atoms with Crippen molar-refractivity contribution in [3.05, 3.63) is 0 Å². The second kappa shape index (κ2) is 1.70. The first kappa shape index (κ1) is 5.69. The summed E-state index contributed by atoms with van der Waals surface area (Å²) in [6.07, 6.45) is 2.33. The third-order valence-corrected chi connectivity index (χ3v) is 2.52. The van der Waals surface area contributed by atoms with Gasteiger partial charge in [0.15, 0.2) is 0 Å². The molecule has 1 saturated carbocycles. The molecule has 9 heavy (non-hydrogen) atoms. The van der Waals surface area contributed by atoms with Crippen LogP contribution in [0.5, 0.6) is 0 Å². The third kappa shape index (κ3) is 0.864. The molecule has 2 heteroatoms. The highest BCUT2D eigenvalue weighted by Gasteiger charge is 2.45. The Hall–Kier alpha value is -0.0800. The molecular formula is C7H13NO. The van der Waals surface area contributed by atoms with Crippen molar-refractivity contribution in [3.63, 3.8) is 0 Å². The number of β-amino-alcohol motifs (C(OH)–C–C–N with tert-alkyl or cyclic N) is 1. The second-order valence-electron chi connectivity index (χ2n) is 3.39. The normalized spacial score (nSPS) is 50.7. The van der Waals surface area contributed by atoms with E-state index in [0.29, 0.717) is 0 Å². The number of likely N-dealkylation sites (N-methyl/N-ethyl adjacent to an activating group) is 1. The zero-order valence-electron chi connectivity index (χ0n) is 5.75. The minimum absolute atomic E-state index is 0.0428. The third-order valence-electron chi connectivity index (χ3n) is 2.52. The summed E-state index contributed by atoms with van der Waals surface area (Å²) >= 11 is 0. The molecule has 1 heterocycles. The van der Waals surface area contributed by atoms with E-state index in [4.69, 9.17) is 0 Å². The summed E-state index contributed by atoms with van der Waals surface area (Å²) in [6.45, 7) is 0.890. The second-order valence-corrected chi connectivity index (χ2v) is 3.39. The fraction of sp³-hybridized carbons (Fsp3) is 1.00. The lowest BCUT2D eigenvalue weighted by atomic mass is 10.1. The number of hydrogen-bond acceptors (Lipinski definition) is 2. The number of nitrogens with zero attached hydrogens (tertiary/aromatic N) is 1. The van der Waals surface area contributed by atoms with E-state index in [2.05, 4.69) is 11.9 Å². The van der Waals surface area contributed by atoms with Gasteiger partial charge in [-0.1, -0.05) is 0 Å². The van der Waals surface area contributed by atoms with Crippen molar-refractivity contribution in [2.45, 2.75) is 25.0 Å². The molecule has 2 fully saturated rings. The average Bonchev–Trinajstić information content (AvgIpc) is 2.43. The molecule has 0 radical (unpaired) electrons. The Morgan fingerprint density at radius 1 is 1.44 bits per heavy atom. The zero-order chi connectivity index (χ0) is 6.43. The minimum atomic E-state index is -0.0428. The van der Waals surface area contributed by atoms with Crippen LogP contribution in [0.25, 0.3) is 0 Å². The van der Waals surface area contributed by atoms with E-state index in [9.17, 15) is 5.11 Å². The van der Waals surface area contributed by atoms with Gasteiger partial charge < -0.3 is 10.0 Å². The molecular weight excluding hydrogens is 114 g/mol. The largest absolute Gasteiger partial charge is 0.392 e. The molecule has 2 nitrogen and oxygen atoms in total. The summed E-state index contributed by atoms with van der Waals surface area (Å²) < 4.78 is 0. The summed E-state index contributed by atoms with van der Waals surface area (Å²) in [6, 6.07) is 0.827. The van der Waals surface area contributed by atoms with Gasteiger partial charge in [0.25, 0.3) is 0 Å². The number of hydrogen-bond donors (Lipinski definition) is 1. The van der Waals surface area contributed by atoms with Gasteiger partial charge in [-0.15, -0.1) is 0 Å². The summed E-state index contributed by atoms with van der Waals surface area (Å²) in [4.78, 5) is 2.28. The summed E-state index contributed by atoms with van der Waals surface area (Å²) in [5, 5.41) is 9.24. The van der Waals surface area contributed by atoms with Crippen molar-refractivity contribution in [1.82, 2.24) is 4.90 Å². The standard InChI is InChI=1S/C7H13NO/c1-8-4-6(9)2-5-3-7(5)8/h5-7,9H,2-4H2,1H3. The summed E-state index contributed by atoms with van der Waals surface area (Å²) in [5.74, 6) is 0.832. The zero-order valence-corrected chi connectivity index (χ0v) is 5.75. The molecule has 0 bridgehead atoms. The van der Waals surface area contributed by atoms with Gasteiger partial charge in [0.05, 0.1) is 6.10 Å². The van der Waals surface area contributed by atoms with Gasteiger partial charge in [-0.3, -0.25) is 0 Å². The molecule has 1 aliphatic heterocycles. The van der Waals surface area contributed by atoms with Gasteiger partial charge in [-0.05, 0) is 25.8 Å². The Kier molecular flexibility index (Phi) is 1.08. The maximum Gasteiger partial charge on any atom is 0.0670 e. The average molecular weight is 127 g/mol. The smallest absolute Gasteiger partial charge is 0.0670 e. The monoisotopic (exact) mass is 127 g/mol. The molecule has 0 spiro atoms. The molecule has 3 unspecified atom stereocenters. The highest BCUT2D eigenvalue weighted by Crippen LogP contribution is 2.41. The number of piperidine rings is 1. The lowest BCUT2D eigenvalue weighted by Gasteiger charge is -2.25. The van der Waals surface area contributed by atoms with E-state index in [0.717, 1.165) is 24.9 Å². The predicted molar refractivity (Wildman–Crippen MR) is 35.1 cm³/mol. The van der Waals surface area contributed by atoms with Gasteiger partial charge in [0.2, 0.25) is 0 Å². The van der Waals surface area contributed by atoms with E-state index in [-0.39, 0.29) is 6.10 Å². The van der Waals surface area contributed by atoms with Gasteiger partial charge in [-0.25, -0.2) is 0 Å².